The summed E-state index contributed by atoms with van der Waals surface area (Å²) in [5.74, 6) is 0.609. The first-order valence-corrected chi connectivity index (χ1v) is 4.47. The van der Waals surface area contributed by atoms with Crippen LogP contribution in [-0.2, 0) is 9.59 Å². The minimum absolute atomic E-state index is 0.0741. The number of carbonyl (C=O) groups excluding carboxylic acids is 2. The van der Waals surface area contributed by atoms with Crippen LogP contribution in [-0.4, -0.2) is 17.2 Å². The molecule has 12 heavy (non-hydrogen) atoms. The summed E-state index contributed by atoms with van der Waals surface area (Å²) < 4.78 is 0. The van der Waals surface area contributed by atoms with E-state index in [2.05, 4.69) is 5.32 Å². The zero-order valence-corrected chi connectivity index (χ0v) is 7.22. The van der Waals surface area contributed by atoms with Gasteiger partial charge in [0.2, 0.25) is 5.91 Å². The minimum Gasteiger partial charge on any atom is -0.344 e. The molecular weight excluding hydrogens is 154 g/mol. The molecule has 0 bridgehead atoms. The second-order valence-electron chi connectivity index (χ2n) is 3.85. The Bertz CT molecular complexity index is 249. The third-order valence-corrected chi connectivity index (χ3v) is 3.20. The first-order chi connectivity index (χ1) is 5.65. The Kier molecular flexibility index (Phi) is 1.50. The Balaban J connectivity index is 2.17. The second kappa shape index (κ2) is 2.31. The van der Waals surface area contributed by atoms with E-state index >= 15 is 0 Å². The summed E-state index contributed by atoms with van der Waals surface area (Å²) in [7, 11) is 0. The van der Waals surface area contributed by atoms with E-state index in [1.165, 1.54) is 6.92 Å². The first kappa shape index (κ1) is 7.77. The molecule has 0 spiro atoms. The number of Topliss-reactive ketones (excluding diaryl/α,β-unsaturated/α-hetero) is 1. The molecule has 3 heteroatoms. The van der Waals surface area contributed by atoms with Crippen molar-refractivity contribution < 1.29 is 9.59 Å². The monoisotopic (exact) mass is 167 g/mol. The Morgan fingerprint density at radius 1 is 1.58 bits per heavy atom. The molecule has 0 saturated heterocycles. The number of nitrogens with one attached hydrogen (secondary N) is 1. The van der Waals surface area contributed by atoms with E-state index in [0.29, 0.717) is 12.3 Å². The van der Waals surface area contributed by atoms with E-state index < -0.39 is 5.54 Å². The van der Waals surface area contributed by atoms with E-state index in [-0.39, 0.29) is 11.7 Å². The van der Waals surface area contributed by atoms with Crippen molar-refractivity contribution in [2.75, 3.05) is 0 Å². The van der Waals surface area contributed by atoms with Gasteiger partial charge in [0.1, 0.15) is 5.54 Å². The lowest BCUT2D eigenvalue weighted by atomic mass is 9.68. The second-order valence-corrected chi connectivity index (χ2v) is 3.85. The number of rotatable bonds is 1. The number of amides is 1. The van der Waals surface area contributed by atoms with E-state index in [9.17, 15) is 9.59 Å². The van der Waals surface area contributed by atoms with Gasteiger partial charge in [-0.3, -0.25) is 9.59 Å². The molecule has 0 aliphatic heterocycles. The lowest BCUT2D eigenvalue weighted by molar-refractivity contribution is -0.134. The SMILES string of the molecule is CC(=O)NC12CCC1CCC2=O. The molecule has 0 aromatic carbocycles. The van der Waals surface area contributed by atoms with Gasteiger partial charge in [0.05, 0.1) is 0 Å². The lowest BCUT2D eigenvalue weighted by Crippen LogP contribution is -2.61. The predicted molar refractivity (Wildman–Crippen MR) is 43.5 cm³/mol. The summed E-state index contributed by atoms with van der Waals surface area (Å²) in [5, 5.41) is 2.82. The van der Waals surface area contributed by atoms with Crippen LogP contribution in [0.4, 0.5) is 0 Å². The van der Waals surface area contributed by atoms with Crippen LogP contribution < -0.4 is 5.32 Å². The maximum Gasteiger partial charge on any atom is 0.217 e. The third-order valence-electron chi connectivity index (χ3n) is 3.20. The Labute approximate surface area is 71.5 Å². The normalized spacial score (nSPS) is 38.8. The van der Waals surface area contributed by atoms with Crippen molar-refractivity contribution in [3.63, 3.8) is 0 Å². The van der Waals surface area contributed by atoms with Crippen molar-refractivity contribution >= 4 is 11.7 Å². The Morgan fingerprint density at radius 2 is 2.33 bits per heavy atom. The average Bonchev–Trinajstić information content (AvgIpc) is 2.13. The number of fused-ring (bicyclic) bond motifs is 1. The van der Waals surface area contributed by atoms with Crippen molar-refractivity contribution in [3.05, 3.63) is 0 Å². The summed E-state index contributed by atoms with van der Waals surface area (Å²) in [5.41, 5.74) is -0.425. The molecule has 2 rings (SSSR count). The minimum atomic E-state index is -0.425. The molecular formula is C9H13NO2. The van der Waals surface area contributed by atoms with Gasteiger partial charge in [-0.1, -0.05) is 0 Å². The standard InChI is InChI=1S/C9H13NO2/c1-6(11)10-9-5-4-7(9)2-3-8(9)12/h7H,2-5H2,1H3,(H,10,11). The molecule has 2 atom stereocenters. The van der Waals surface area contributed by atoms with Crippen LogP contribution in [0.25, 0.3) is 0 Å². The summed E-state index contributed by atoms with van der Waals surface area (Å²) in [6.45, 7) is 1.48. The van der Waals surface area contributed by atoms with Crippen molar-refractivity contribution in [2.45, 2.75) is 38.1 Å². The van der Waals surface area contributed by atoms with Crippen molar-refractivity contribution in [3.8, 4) is 0 Å². The molecule has 2 fully saturated rings. The molecule has 66 valence electrons. The summed E-state index contributed by atoms with van der Waals surface area (Å²) >= 11 is 0. The predicted octanol–water partition coefficient (Wildman–Crippen LogP) is 0.634. The van der Waals surface area contributed by atoms with E-state index in [1.807, 2.05) is 0 Å². The van der Waals surface area contributed by atoms with Gasteiger partial charge in [-0.2, -0.15) is 0 Å². The maximum atomic E-state index is 11.5. The highest BCUT2D eigenvalue weighted by atomic mass is 16.2. The topological polar surface area (TPSA) is 46.2 Å². The van der Waals surface area contributed by atoms with Crippen molar-refractivity contribution in [2.24, 2.45) is 5.92 Å². The zero-order valence-electron chi connectivity index (χ0n) is 7.22. The maximum absolute atomic E-state index is 11.5. The zero-order chi connectivity index (χ0) is 8.77. The smallest absolute Gasteiger partial charge is 0.217 e. The highest BCUT2D eigenvalue weighted by Gasteiger charge is 2.56. The lowest BCUT2D eigenvalue weighted by Gasteiger charge is -2.43. The molecule has 2 aliphatic carbocycles. The highest BCUT2D eigenvalue weighted by Crippen LogP contribution is 2.48. The molecule has 2 saturated carbocycles. The van der Waals surface area contributed by atoms with Gasteiger partial charge in [-0.05, 0) is 25.2 Å². The van der Waals surface area contributed by atoms with Crippen LogP contribution in [0.5, 0.6) is 0 Å². The summed E-state index contributed by atoms with van der Waals surface area (Å²) in [6, 6.07) is 0. The third kappa shape index (κ3) is 0.822. The average molecular weight is 167 g/mol. The van der Waals surface area contributed by atoms with E-state index in [4.69, 9.17) is 0 Å². The molecule has 1 N–H and O–H groups in total. The van der Waals surface area contributed by atoms with Crippen LogP contribution in [0.15, 0.2) is 0 Å². The molecule has 1 amide bonds. The number of ketones is 1. The summed E-state index contributed by atoms with van der Waals surface area (Å²) in [6.07, 6.45) is 3.59. The fraction of sp³-hybridized carbons (Fsp3) is 0.778. The van der Waals surface area contributed by atoms with Gasteiger partial charge in [0.25, 0.3) is 0 Å². The number of hydrogen-bond donors (Lipinski definition) is 1. The van der Waals surface area contributed by atoms with Gasteiger partial charge in [0, 0.05) is 13.3 Å². The fourth-order valence-electron chi connectivity index (χ4n) is 2.47. The molecule has 2 aliphatic rings. The van der Waals surface area contributed by atoms with Crippen LogP contribution in [0.2, 0.25) is 0 Å². The fourth-order valence-corrected chi connectivity index (χ4v) is 2.47. The van der Waals surface area contributed by atoms with Crippen LogP contribution in [0.1, 0.15) is 32.6 Å². The van der Waals surface area contributed by atoms with Gasteiger partial charge in [0.15, 0.2) is 5.78 Å². The highest BCUT2D eigenvalue weighted by molar-refractivity contribution is 5.95. The Hall–Kier alpha value is -0.860. The van der Waals surface area contributed by atoms with Gasteiger partial charge < -0.3 is 5.32 Å². The van der Waals surface area contributed by atoms with Gasteiger partial charge in [-0.15, -0.1) is 0 Å². The van der Waals surface area contributed by atoms with Crippen molar-refractivity contribution in [1.29, 1.82) is 0 Å². The number of carbonyl (C=O) groups is 2. The summed E-state index contributed by atoms with van der Waals surface area (Å²) in [4.78, 5) is 22.3. The molecule has 0 aromatic rings. The largest absolute Gasteiger partial charge is 0.344 e. The van der Waals surface area contributed by atoms with Crippen LogP contribution >= 0.6 is 0 Å². The van der Waals surface area contributed by atoms with Crippen LogP contribution in [0, 0.1) is 5.92 Å². The van der Waals surface area contributed by atoms with Crippen LogP contribution in [0.3, 0.4) is 0 Å². The molecule has 0 aromatic heterocycles. The molecule has 3 nitrogen and oxygen atoms in total. The molecule has 2 unspecified atom stereocenters. The Morgan fingerprint density at radius 3 is 2.75 bits per heavy atom. The van der Waals surface area contributed by atoms with Gasteiger partial charge in [-0.25, -0.2) is 0 Å². The first-order valence-electron chi connectivity index (χ1n) is 4.47. The number of hydrogen-bond acceptors (Lipinski definition) is 2. The van der Waals surface area contributed by atoms with Gasteiger partial charge >= 0.3 is 0 Å². The molecule has 0 radical (unpaired) electrons. The van der Waals surface area contributed by atoms with E-state index in [0.717, 1.165) is 19.3 Å². The van der Waals surface area contributed by atoms with E-state index in [1.54, 1.807) is 0 Å². The van der Waals surface area contributed by atoms with Crippen molar-refractivity contribution in [1.82, 2.24) is 5.32 Å². The quantitative estimate of drug-likeness (QED) is 0.622. The molecule has 0 heterocycles.